The second-order valence-corrected chi connectivity index (χ2v) is 8.68. The van der Waals surface area contributed by atoms with Gasteiger partial charge in [-0.05, 0) is 23.6 Å². The van der Waals surface area contributed by atoms with Crippen LogP contribution >= 0.6 is 0 Å². The Morgan fingerprint density at radius 3 is 2.38 bits per heavy atom. The van der Waals surface area contributed by atoms with E-state index >= 15 is 0 Å². The SMILES string of the molecule is O=C1C=C[C@@H]2[C@H]1[C@@H](c1ccccc1)[C@]1(C(=O)Nc3ncccc31)[C@H]2C(=O)c1ccccc1. The minimum absolute atomic E-state index is 0.0308. The maximum absolute atomic E-state index is 14.0. The predicted octanol–water partition coefficient (Wildman–Crippen LogP) is 3.94. The first-order valence-corrected chi connectivity index (χ1v) is 10.8. The fraction of sp³-hybridized carbons (Fsp3) is 0.185. The van der Waals surface area contributed by atoms with Crippen molar-refractivity contribution in [3.63, 3.8) is 0 Å². The molecule has 0 unspecified atom stereocenters. The molecule has 1 spiro atoms. The minimum atomic E-state index is -1.21. The van der Waals surface area contributed by atoms with E-state index in [0.717, 1.165) is 5.56 Å². The molecule has 1 aromatic heterocycles. The topological polar surface area (TPSA) is 76.1 Å². The number of fused-ring (bicyclic) bond motifs is 3. The van der Waals surface area contributed by atoms with Crippen molar-refractivity contribution in [2.45, 2.75) is 11.3 Å². The number of anilines is 1. The molecule has 2 aliphatic carbocycles. The molecule has 32 heavy (non-hydrogen) atoms. The first kappa shape index (κ1) is 18.9. The largest absolute Gasteiger partial charge is 0.310 e. The van der Waals surface area contributed by atoms with Crippen molar-refractivity contribution < 1.29 is 14.4 Å². The van der Waals surface area contributed by atoms with E-state index < -0.39 is 23.2 Å². The molecule has 6 rings (SSSR count). The van der Waals surface area contributed by atoms with Gasteiger partial charge in [0.2, 0.25) is 5.91 Å². The third-order valence-corrected chi connectivity index (χ3v) is 7.31. The number of amides is 1. The van der Waals surface area contributed by atoms with Crippen LogP contribution in [-0.4, -0.2) is 22.5 Å². The van der Waals surface area contributed by atoms with Crippen LogP contribution < -0.4 is 5.32 Å². The van der Waals surface area contributed by atoms with E-state index in [1.807, 2.05) is 60.7 Å². The molecule has 156 valence electrons. The highest BCUT2D eigenvalue weighted by molar-refractivity contribution is 6.14. The van der Waals surface area contributed by atoms with Gasteiger partial charge in [-0.25, -0.2) is 4.98 Å². The lowest BCUT2D eigenvalue weighted by atomic mass is 9.62. The van der Waals surface area contributed by atoms with E-state index in [4.69, 9.17) is 0 Å². The number of rotatable bonds is 3. The maximum atomic E-state index is 14.0. The number of pyridine rings is 1. The molecule has 1 saturated carbocycles. The van der Waals surface area contributed by atoms with Gasteiger partial charge in [-0.15, -0.1) is 0 Å². The van der Waals surface area contributed by atoms with Gasteiger partial charge in [-0.1, -0.05) is 72.8 Å². The number of carbonyl (C=O) groups excluding carboxylic acids is 3. The average Bonchev–Trinajstić information content (AvgIpc) is 3.45. The monoisotopic (exact) mass is 420 g/mol. The van der Waals surface area contributed by atoms with E-state index in [0.29, 0.717) is 16.9 Å². The summed E-state index contributed by atoms with van der Waals surface area (Å²) in [6.07, 6.45) is 5.05. The molecule has 5 heteroatoms. The zero-order valence-corrected chi connectivity index (χ0v) is 17.1. The van der Waals surface area contributed by atoms with E-state index in [1.54, 1.807) is 30.5 Å². The molecule has 5 nitrogen and oxygen atoms in total. The number of nitrogens with one attached hydrogen (secondary N) is 1. The van der Waals surface area contributed by atoms with Crippen LogP contribution in [0.15, 0.2) is 91.1 Å². The standard InChI is InChI=1S/C27H20N2O3/c30-20-14-13-18-21(20)22(16-8-3-1-4-9-16)27(19-12-7-15-28-25(19)29-26(27)32)23(18)24(31)17-10-5-2-6-11-17/h1-15,18,21-23H,(H,28,29,32)/t18-,21-,22-,23-,27+/m1/s1. The Hall–Kier alpha value is -3.86. The van der Waals surface area contributed by atoms with Gasteiger partial charge < -0.3 is 5.32 Å². The molecule has 0 bridgehead atoms. The number of benzene rings is 2. The van der Waals surface area contributed by atoms with Crippen LogP contribution in [-0.2, 0) is 15.0 Å². The molecule has 3 aliphatic rings. The molecule has 1 aliphatic heterocycles. The van der Waals surface area contributed by atoms with Gasteiger partial charge in [-0.2, -0.15) is 0 Å². The number of hydrogen-bond acceptors (Lipinski definition) is 4. The summed E-state index contributed by atoms with van der Waals surface area (Å²) in [6, 6.07) is 22.3. The Kier molecular flexibility index (Phi) is 4.02. The average molecular weight is 420 g/mol. The number of carbonyl (C=O) groups is 3. The second-order valence-electron chi connectivity index (χ2n) is 8.68. The molecule has 0 radical (unpaired) electrons. The number of allylic oxidation sites excluding steroid dienone is 2. The van der Waals surface area contributed by atoms with E-state index in [-0.39, 0.29) is 23.4 Å². The summed E-state index contributed by atoms with van der Waals surface area (Å²) >= 11 is 0. The Balaban J connectivity index is 1.67. The lowest BCUT2D eigenvalue weighted by Gasteiger charge is -2.36. The van der Waals surface area contributed by atoms with Crippen LogP contribution in [0.2, 0.25) is 0 Å². The van der Waals surface area contributed by atoms with Crippen LogP contribution in [0.3, 0.4) is 0 Å². The smallest absolute Gasteiger partial charge is 0.237 e. The molecular formula is C27H20N2O3. The third kappa shape index (κ3) is 2.33. The van der Waals surface area contributed by atoms with Crippen LogP contribution in [0, 0.1) is 17.8 Å². The molecule has 2 aromatic carbocycles. The fourth-order valence-electron chi connectivity index (χ4n) is 6.20. The van der Waals surface area contributed by atoms with Gasteiger partial charge >= 0.3 is 0 Å². The summed E-state index contributed by atoms with van der Waals surface area (Å²) in [6.45, 7) is 0. The van der Waals surface area contributed by atoms with Crippen LogP contribution in [0.1, 0.15) is 27.4 Å². The van der Waals surface area contributed by atoms with Crippen molar-refractivity contribution in [2.24, 2.45) is 17.8 Å². The zero-order chi connectivity index (χ0) is 21.9. The lowest BCUT2D eigenvalue weighted by molar-refractivity contribution is -0.122. The summed E-state index contributed by atoms with van der Waals surface area (Å²) in [5, 5.41) is 2.93. The molecule has 0 saturated heterocycles. The van der Waals surface area contributed by atoms with Crippen LogP contribution in [0.5, 0.6) is 0 Å². The van der Waals surface area contributed by atoms with Crippen molar-refractivity contribution in [2.75, 3.05) is 5.32 Å². The number of ketones is 2. The Bertz CT molecular complexity index is 1280. The first-order chi connectivity index (χ1) is 15.6. The summed E-state index contributed by atoms with van der Waals surface area (Å²) < 4.78 is 0. The van der Waals surface area contributed by atoms with Crippen LogP contribution in [0.4, 0.5) is 5.82 Å². The van der Waals surface area contributed by atoms with Crippen molar-refractivity contribution in [1.29, 1.82) is 0 Å². The number of Topliss-reactive ketones (excluding diaryl/α,β-unsaturated/α-hetero) is 1. The first-order valence-electron chi connectivity index (χ1n) is 10.8. The molecule has 2 heterocycles. The highest BCUT2D eigenvalue weighted by Gasteiger charge is 2.71. The number of aromatic nitrogens is 1. The van der Waals surface area contributed by atoms with Crippen molar-refractivity contribution in [1.82, 2.24) is 4.98 Å². The van der Waals surface area contributed by atoms with Gasteiger partial charge in [0.15, 0.2) is 11.6 Å². The molecule has 1 amide bonds. The number of hydrogen-bond donors (Lipinski definition) is 1. The van der Waals surface area contributed by atoms with E-state index in [9.17, 15) is 14.4 Å². The molecule has 5 atom stereocenters. The lowest BCUT2D eigenvalue weighted by Crippen LogP contribution is -2.47. The van der Waals surface area contributed by atoms with E-state index in [1.165, 1.54) is 0 Å². The quantitative estimate of drug-likeness (QED) is 0.651. The van der Waals surface area contributed by atoms with Gasteiger partial charge in [0.1, 0.15) is 5.82 Å². The second kappa shape index (κ2) is 6.82. The zero-order valence-electron chi connectivity index (χ0n) is 17.1. The van der Waals surface area contributed by atoms with Crippen molar-refractivity contribution in [3.05, 3.63) is 108 Å². The normalized spacial score (nSPS) is 29.8. The van der Waals surface area contributed by atoms with Gasteiger partial charge in [0.05, 0.1) is 5.41 Å². The molecule has 1 fully saturated rings. The Morgan fingerprint density at radius 2 is 1.62 bits per heavy atom. The van der Waals surface area contributed by atoms with Gasteiger partial charge in [0, 0.05) is 35.1 Å². The third-order valence-electron chi connectivity index (χ3n) is 7.31. The molecular weight excluding hydrogens is 400 g/mol. The van der Waals surface area contributed by atoms with Gasteiger partial charge in [-0.3, -0.25) is 14.4 Å². The summed E-state index contributed by atoms with van der Waals surface area (Å²) in [5.74, 6) is -1.97. The maximum Gasteiger partial charge on any atom is 0.237 e. The highest BCUT2D eigenvalue weighted by atomic mass is 16.2. The summed E-state index contributed by atoms with van der Waals surface area (Å²) in [5.41, 5.74) is 0.911. The molecule has 3 aromatic rings. The number of nitrogens with zero attached hydrogens (tertiary/aromatic N) is 1. The predicted molar refractivity (Wildman–Crippen MR) is 119 cm³/mol. The van der Waals surface area contributed by atoms with Crippen molar-refractivity contribution >= 4 is 23.3 Å². The Labute approximate surface area is 185 Å². The highest BCUT2D eigenvalue weighted by Crippen LogP contribution is 2.65. The molecule has 1 N–H and O–H groups in total. The fourth-order valence-corrected chi connectivity index (χ4v) is 6.20. The summed E-state index contributed by atoms with van der Waals surface area (Å²) in [4.78, 5) is 45.5. The minimum Gasteiger partial charge on any atom is -0.310 e. The van der Waals surface area contributed by atoms with Crippen molar-refractivity contribution in [3.8, 4) is 0 Å². The summed E-state index contributed by atoms with van der Waals surface area (Å²) in [7, 11) is 0. The van der Waals surface area contributed by atoms with Crippen LogP contribution in [0.25, 0.3) is 0 Å². The van der Waals surface area contributed by atoms with E-state index in [2.05, 4.69) is 10.3 Å². The van der Waals surface area contributed by atoms with Gasteiger partial charge in [0.25, 0.3) is 0 Å². The Morgan fingerprint density at radius 1 is 0.906 bits per heavy atom.